The third-order valence-electron chi connectivity index (χ3n) is 3.94. The van der Waals surface area contributed by atoms with Crippen molar-refractivity contribution < 1.29 is 17.9 Å². The maximum absolute atomic E-state index is 12.8. The van der Waals surface area contributed by atoms with Crippen molar-refractivity contribution in [3.05, 3.63) is 27.7 Å². The Kier molecular flexibility index (Phi) is 6.00. The Morgan fingerprint density at radius 2 is 1.96 bits per heavy atom. The molecule has 9 heteroatoms. The van der Waals surface area contributed by atoms with Gasteiger partial charge in [-0.05, 0) is 25.0 Å². The number of sulfonamides is 1. The van der Waals surface area contributed by atoms with E-state index in [4.69, 9.17) is 27.9 Å². The standard InChI is InChI=1S/C14H16BrCl2NO4S/c1-22-13(19)14(6-2-3-7-14)18-23(20,21)11-5-4-10(16)9(8-15)12(11)17/h4-5,18H,2-3,6-8H2,1H3. The predicted octanol–water partition coefficient (Wildman–Crippen LogP) is 3.65. The quantitative estimate of drug-likeness (QED) is 0.555. The molecule has 5 nitrogen and oxygen atoms in total. The van der Waals surface area contributed by atoms with E-state index >= 15 is 0 Å². The molecule has 128 valence electrons. The second kappa shape index (κ2) is 7.27. The molecule has 1 aromatic rings. The average molecular weight is 445 g/mol. The number of halogens is 3. The maximum atomic E-state index is 12.8. The minimum absolute atomic E-state index is 0.0416. The van der Waals surface area contributed by atoms with E-state index in [1.807, 2.05) is 0 Å². The number of rotatable bonds is 5. The molecule has 1 aromatic carbocycles. The fourth-order valence-electron chi connectivity index (χ4n) is 2.74. The van der Waals surface area contributed by atoms with Crippen molar-refractivity contribution in [3.63, 3.8) is 0 Å². The number of hydrogen-bond donors (Lipinski definition) is 1. The number of benzene rings is 1. The summed E-state index contributed by atoms with van der Waals surface area (Å²) in [5.74, 6) is -0.579. The Balaban J connectivity index is 2.45. The number of ether oxygens (including phenoxy) is 1. The Bertz CT molecular complexity index is 718. The summed E-state index contributed by atoms with van der Waals surface area (Å²) in [6, 6.07) is 2.80. The van der Waals surface area contributed by atoms with Crippen molar-refractivity contribution in [2.24, 2.45) is 0 Å². The molecule has 0 heterocycles. The zero-order valence-electron chi connectivity index (χ0n) is 12.4. The monoisotopic (exact) mass is 443 g/mol. The van der Waals surface area contributed by atoms with Crippen LogP contribution >= 0.6 is 39.1 Å². The zero-order chi connectivity index (χ0) is 17.3. The molecular formula is C14H16BrCl2NO4S. The van der Waals surface area contributed by atoms with Gasteiger partial charge >= 0.3 is 5.97 Å². The van der Waals surface area contributed by atoms with Gasteiger partial charge in [-0.25, -0.2) is 8.42 Å². The number of esters is 1. The summed E-state index contributed by atoms with van der Waals surface area (Å²) in [5.41, 5.74) is -0.750. The van der Waals surface area contributed by atoms with E-state index in [2.05, 4.69) is 20.7 Å². The van der Waals surface area contributed by atoms with Crippen LogP contribution in [0.15, 0.2) is 17.0 Å². The smallest absolute Gasteiger partial charge is 0.327 e. The molecule has 0 atom stereocenters. The largest absolute Gasteiger partial charge is 0.468 e. The lowest BCUT2D eigenvalue weighted by Crippen LogP contribution is -2.53. The number of carbonyl (C=O) groups is 1. The second-order valence-electron chi connectivity index (χ2n) is 5.36. The number of hydrogen-bond acceptors (Lipinski definition) is 4. The van der Waals surface area contributed by atoms with Crippen molar-refractivity contribution in [3.8, 4) is 0 Å². The lowest BCUT2D eigenvalue weighted by atomic mass is 10.00. The molecular weight excluding hydrogens is 429 g/mol. The summed E-state index contributed by atoms with van der Waals surface area (Å²) >= 11 is 15.4. The molecule has 1 saturated carbocycles. The summed E-state index contributed by atoms with van der Waals surface area (Å²) in [7, 11) is -2.75. The number of methoxy groups -OCH3 is 1. The summed E-state index contributed by atoms with van der Waals surface area (Å²) in [4.78, 5) is 12.0. The van der Waals surface area contributed by atoms with E-state index in [1.165, 1.54) is 19.2 Å². The molecule has 0 aromatic heterocycles. The normalized spacial score (nSPS) is 17.2. The van der Waals surface area contributed by atoms with Crippen molar-refractivity contribution >= 4 is 55.1 Å². The van der Waals surface area contributed by atoms with Crippen molar-refractivity contribution in [1.29, 1.82) is 0 Å². The van der Waals surface area contributed by atoms with E-state index in [0.29, 0.717) is 28.8 Å². The second-order valence-corrected chi connectivity index (χ2v) is 8.35. The Labute approximate surface area is 153 Å². The minimum Gasteiger partial charge on any atom is -0.468 e. The fourth-order valence-corrected chi connectivity index (χ4v) is 5.97. The van der Waals surface area contributed by atoms with E-state index in [-0.39, 0.29) is 9.92 Å². The van der Waals surface area contributed by atoms with Gasteiger partial charge in [-0.15, -0.1) is 0 Å². The van der Waals surface area contributed by atoms with E-state index in [9.17, 15) is 13.2 Å². The van der Waals surface area contributed by atoms with E-state index in [0.717, 1.165) is 12.8 Å². The zero-order valence-corrected chi connectivity index (χ0v) is 16.3. The molecule has 1 fully saturated rings. The lowest BCUT2D eigenvalue weighted by molar-refractivity contribution is -0.147. The predicted molar refractivity (Wildman–Crippen MR) is 92.6 cm³/mol. The number of carbonyl (C=O) groups excluding carboxylic acids is 1. The highest BCUT2D eigenvalue weighted by atomic mass is 79.9. The molecule has 0 spiro atoms. The Hall–Kier alpha value is -0.340. The molecule has 1 aliphatic carbocycles. The molecule has 0 bridgehead atoms. The van der Waals surface area contributed by atoms with Gasteiger partial charge in [0, 0.05) is 15.9 Å². The molecule has 0 radical (unpaired) electrons. The van der Waals surface area contributed by atoms with Gasteiger partial charge in [0.05, 0.1) is 12.1 Å². The van der Waals surface area contributed by atoms with Crippen LogP contribution in [-0.4, -0.2) is 27.0 Å². The van der Waals surface area contributed by atoms with Gasteiger partial charge in [-0.3, -0.25) is 4.79 Å². The Morgan fingerprint density at radius 1 is 1.35 bits per heavy atom. The highest BCUT2D eigenvalue weighted by molar-refractivity contribution is 9.08. The molecule has 0 amide bonds. The third kappa shape index (κ3) is 3.69. The van der Waals surface area contributed by atoms with E-state index < -0.39 is 21.5 Å². The summed E-state index contributed by atoms with van der Waals surface area (Å²) < 4.78 is 32.8. The van der Waals surface area contributed by atoms with Crippen molar-refractivity contribution in [2.75, 3.05) is 7.11 Å². The molecule has 1 N–H and O–H groups in total. The highest BCUT2D eigenvalue weighted by Gasteiger charge is 2.46. The van der Waals surface area contributed by atoms with Gasteiger partial charge < -0.3 is 4.74 Å². The summed E-state index contributed by atoms with van der Waals surface area (Å²) in [6.45, 7) is 0. The minimum atomic E-state index is -4.00. The van der Waals surface area contributed by atoms with Crippen LogP contribution in [0.2, 0.25) is 10.0 Å². The lowest BCUT2D eigenvalue weighted by Gasteiger charge is -2.27. The fraction of sp³-hybridized carbons (Fsp3) is 0.500. The van der Waals surface area contributed by atoms with Gasteiger partial charge in [-0.1, -0.05) is 52.0 Å². The third-order valence-corrected chi connectivity index (χ3v) is 6.97. The van der Waals surface area contributed by atoms with Gasteiger partial charge in [0.1, 0.15) is 10.4 Å². The van der Waals surface area contributed by atoms with Gasteiger partial charge in [0.15, 0.2) is 0 Å². The average Bonchev–Trinajstić information content (AvgIpc) is 2.95. The van der Waals surface area contributed by atoms with Gasteiger partial charge in [-0.2, -0.15) is 4.72 Å². The molecule has 0 saturated heterocycles. The van der Waals surface area contributed by atoms with Crippen molar-refractivity contribution in [2.45, 2.75) is 41.4 Å². The molecule has 0 unspecified atom stereocenters. The van der Waals surface area contributed by atoms with Crippen LogP contribution < -0.4 is 4.72 Å². The first-order valence-electron chi connectivity index (χ1n) is 6.92. The van der Waals surface area contributed by atoms with Crippen LogP contribution in [0.5, 0.6) is 0 Å². The molecule has 0 aliphatic heterocycles. The first-order chi connectivity index (χ1) is 10.8. The Morgan fingerprint density at radius 3 is 2.48 bits per heavy atom. The van der Waals surface area contributed by atoms with Crippen LogP contribution in [0.25, 0.3) is 0 Å². The maximum Gasteiger partial charge on any atom is 0.327 e. The van der Waals surface area contributed by atoms with Crippen LogP contribution in [0.4, 0.5) is 0 Å². The van der Waals surface area contributed by atoms with Gasteiger partial charge in [0.25, 0.3) is 0 Å². The number of nitrogens with one attached hydrogen (secondary N) is 1. The van der Waals surface area contributed by atoms with Crippen LogP contribution in [0.3, 0.4) is 0 Å². The summed E-state index contributed by atoms with van der Waals surface area (Å²) in [6.07, 6.45) is 2.29. The summed E-state index contributed by atoms with van der Waals surface area (Å²) in [5, 5.41) is 0.727. The van der Waals surface area contributed by atoms with Crippen LogP contribution in [-0.2, 0) is 24.9 Å². The topological polar surface area (TPSA) is 72.5 Å². The first-order valence-corrected chi connectivity index (χ1v) is 10.3. The number of alkyl halides is 1. The van der Waals surface area contributed by atoms with Crippen molar-refractivity contribution in [1.82, 2.24) is 4.72 Å². The van der Waals surface area contributed by atoms with Gasteiger partial charge in [0.2, 0.25) is 10.0 Å². The molecule has 23 heavy (non-hydrogen) atoms. The highest BCUT2D eigenvalue weighted by Crippen LogP contribution is 2.36. The first kappa shape index (κ1) is 19.0. The SMILES string of the molecule is COC(=O)C1(NS(=O)(=O)c2ccc(Cl)c(CBr)c2Cl)CCCC1. The van der Waals surface area contributed by atoms with Crippen LogP contribution in [0.1, 0.15) is 31.2 Å². The molecule has 2 rings (SSSR count). The van der Waals surface area contributed by atoms with E-state index in [1.54, 1.807) is 0 Å². The van der Waals surface area contributed by atoms with Crippen LogP contribution in [0, 0.1) is 0 Å². The molecule has 1 aliphatic rings.